The minimum atomic E-state index is -2.82. The van der Waals surface area contributed by atoms with E-state index in [0.717, 1.165) is 5.56 Å². The summed E-state index contributed by atoms with van der Waals surface area (Å²) in [5.41, 5.74) is 0.474. The summed E-state index contributed by atoms with van der Waals surface area (Å²) in [6.45, 7) is -1.12. The van der Waals surface area contributed by atoms with E-state index >= 15 is 0 Å². The van der Waals surface area contributed by atoms with Gasteiger partial charge in [0, 0.05) is 43.2 Å². The molecule has 5 rings (SSSR count). The van der Waals surface area contributed by atoms with Crippen molar-refractivity contribution in [3.63, 3.8) is 0 Å². The third-order valence-electron chi connectivity index (χ3n) is 5.98. The van der Waals surface area contributed by atoms with E-state index in [0.29, 0.717) is 27.6 Å². The number of rotatable bonds is 3. The molecule has 35 heavy (non-hydrogen) atoms. The van der Waals surface area contributed by atoms with Gasteiger partial charge < -0.3 is 4.42 Å². The van der Waals surface area contributed by atoms with Gasteiger partial charge in [0.2, 0.25) is 11.4 Å². The standard InChI is InChI=1S/C32H35N2O/c1-19-9-12-25-26-13-10-22(4)33-31(26)35-30(25)29(19)28-16-27(21(3)18-34(28)8)24-14-11-23(15-20(24)2)17-32(5,6)7/h9-16,18H,17H2,1-8H3/q+1/i2D3,3D3,4D3,14D,17D2. The van der Waals surface area contributed by atoms with Gasteiger partial charge in [0.15, 0.2) is 11.8 Å². The number of aromatic nitrogens is 2. The number of benzene rings is 2. The highest BCUT2D eigenvalue weighted by Gasteiger charge is 2.23. The molecule has 3 aromatic heterocycles. The summed E-state index contributed by atoms with van der Waals surface area (Å²) in [7, 11) is 1.65. The average molecular weight is 476 g/mol. The van der Waals surface area contributed by atoms with Gasteiger partial charge in [-0.1, -0.05) is 51.1 Å². The molecule has 0 atom stereocenters. The van der Waals surface area contributed by atoms with Crippen molar-refractivity contribution in [1.82, 2.24) is 4.98 Å². The van der Waals surface area contributed by atoms with E-state index < -0.39 is 32.3 Å². The summed E-state index contributed by atoms with van der Waals surface area (Å²) in [5, 5.41) is 1.22. The molecule has 0 N–H and O–H groups in total. The molecule has 0 aliphatic rings. The molecule has 178 valence electrons. The summed E-state index contributed by atoms with van der Waals surface area (Å²) in [5.74, 6) is 0. The first-order valence-corrected chi connectivity index (χ1v) is 11.4. The summed E-state index contributed by atoms with van der Waals surface area (Å²) in [4.78, 5) is 4.25. The number of pyridine rings is 2. The van der Waals surface area contributed by atoms with Crippen LogP contribution in [-0.4, -0.2) is 4.98 Å². The van der Waals surface area contributed by atoms with E-state index in [-0.39, 0.29) is 45.3 Å². The third kappa shape index (κ3) is 4.25. The topological polar surface area (TPSA) is 29.9 Å². The highest BCUT2D eigenvalue weighted by atomic mass is 16.3. The normalized spacial score (nSPS) is 18.7. The van der Waals surface area contributed by atoms with Crippen molar-refractivity contribution >= 4 is 22.1 Å². The first kappa shape index (κ1) is 13.0. The molecule has 0 aliphatic heterocycles. The largest absolute Gasteiger partial charge is 0.437 e. The van der Waals surface area contributed by atoms with Crippen LogP contribution in [0, 0.1) is 32.9 Å². The van der Waals surface area contributed by atoms with Crippen molar-refractivity contribution in [2.24, 2.45) is 12.5 Å². The van der Waals surface area contributed by atoms with Crippen LogP contribution in [0.25, 0.3) is 44.5 Å². The zero-order valence-electron chi connectivity index (χ0n) is 32.4. The first-order valence-electron chi connectivity index (χ1n) is 17.4. The Bertz CT molecular complexity index is 2050. The summed E-state index contributed by atoms with van der Waals surface area (Å²) < 4.78 is 108. The first-order chi connectivity index (χ1) is 21.3. The van der Waals surface area contributed by atoms with Crippen LogP contribution in [0.15, 0.2) is 59.1 Å². The lowest BCUT2D eigenvalue weighted by molar-refractivity contribution is -0.660. The number of furan rings is 1. The van der Waals surface area contributed by atoms with Crippen molar-refractivity contribution in [3.8, 4) is 22.4 Å². The minimum Gasteiger partial charge on any atom is -0.437 e. The van der Waals surface area contributed by atoms with Gasteiger partial charge in [0.05, 0.1) is 6.93 Å². The van der Waals surface area contributed by atoms with Gasteiger partial charge in [-0.2, -0.15) is 0 Å². The van der Waals surface area contributed by atoms with Gasteiger partial charge >= 0.3 is 0 Å². The molecular weight excluding hydrogens is 428 g/mol. The molecule has 0 radical (unpaired) electrons. The lowest BCUT2D eigenvalue weighted by Crippen LogP contribution is -2.31. The predicted molar refractivity (Wildman–Crippen MR) is 146 cm³/mol. The van der Waals surface area contributed by atoms with Crippen LogP contribution >= 0.6 is 0 Å². The Balaban J connectivity index is 1.88. The van der Waals surface area contributed by atoms with Crippen LogP contribution in [0.4, 0.5) is 0 Å². The van der Waals surface area contributed by atoms with Crippen LogP contribution in [0.3, 0.4) is 0 Å². The van der Waals surface area contributed by atoms with Gasteiger partial charge in [-0.15, -0.1) is 0 Å². The molecule has 0 amide bonds. The second-order valence-electron chi connectivity index (χ2n) is 9.93. The molecule has 5 aromatic rings. The predicted octanol–water partition coefficient (Wildman–Crippen LogP) is 7.96. The number of aryl methyl sites for hydroxylation is 5. The molecule has 0 unspecified atom stereocenters. The Kier molecular flexibility index (Phi) is 3.10. The molecule has 3 heteroatoms. The highest BCUT2D eigenvalue weighted by molar-refractivity contribution is 6.08. The van der Waals surface area contributed by atoms with Crippen LogP contribution < -0.4 is 4.57 Å². The maximum absolute atomic E-state index is 9.02. The van der Waals surface area contributed by atoms with Gasteiger partial charge in [-0.25, -0.2) is 9.55 Å². The maximum atomic E-state index is 9.02. The molecule has 3 nitrogen and oxygen atoms in total. The Hall–Kier alpha value is -3.46. The summed E-state index contributed by atoms with van der Waals surface area (Å²) in [6.07, 6.45) is -0.626. The Morgan fingerprint density at radius 3 is 2.51 bits per heavy atom. The number of hydrogen-bond acceptors (Lipinski definition) is 2. The second-order valence-corrected chi connectivity index (χ2v) is 9.93. The molecular formula is C32H35N2O+. The van der Waals surface area contributed by atoms with E-state index in [2.05, 4.69) is 4.98 Å². The van der Waals surface area contributed by atoms with Crippen molar-refractivity contribution < 1.29 is 25.4 Å². The van der Waals surface area contributed by atoms with Gasteiger partial charge in [-0.3, -0.25) is 0 Å². The van der Waals surface area contributed by atoms with Gasteiger partial charge in [0.25, 0.3) is 0 Å². The minimum absolute atomic E-state index is 0.00702. The number of nitrogens with zero attached hydrogens (tertiary/aromatic N) is 2. The van der Waals surface area contributed by atoms with Crippen molar-refractivity contribution in [2.75, 3.05) is 0 Å². The van der Waals surface area contributed by atoms with Crippen LogP contribution in [0.2, 0.25) is 0 Å². The second kappa shape index (κ2) is 8.34. The van der Waals surface area contributed by atoms with Crippen LogP contribution in [-0.2, 0) is 13.4 Å². The fourth-order valence-corrected chi connectivity index (χ4v) is 4.47. The number of hydrogen-bond donors (Lipinski definition) is 0. The Morgan fingerprint density at radius 2 is 1.77 bits per heavy atom. The SMILES string of the molecule is [2H]c1cc(C([2H])([2H])C(C)(C)C)cc(C([2H])([2H])[2H])c1-c1cc(-c2c(C)ccc3c2oc2nc(C([2H])([2H])[2H])ccc23)[n+](C)cc1C([2H])([2H])[2H]. The summed E-state index contributed by atoms with van der Waals surface area (Å²) >= 11 is 0. The molecule has 3 heterocycles. The monoisotopic (exact) mass is 475 g/mol. The van der Waals surface area contributed by atoms with Crippen LogP contribution in [0.5, 0.6) is 0 Å². The highest BCUT2D eigenvalue weighted by Crippen LogP contribution is 2.38. The van der Waals surface area contributed by atoms with E-state index in [1.165, 1.54) is 30.5 Å². The Labute approximate surface area is 225 Å². The molecule has 0 spiro atoms. The van der Waals surface area contributed by atoms with Crippen molar-refractivity contribution in [1.29, 1.82) is 0 Å². The maximum Gasteiger partial charge on any atom is 0.227 e. The van der Waals surface area contributed by atoms with E-state index in [9.17, 15) is 0 Å². The fourth-order valence-electron chi connectivity index (χ4n) is 4.47. The summed E-state index contributed by atoms with van der Waals surface area (Å²) in [6, 6.07) is 10.4. The lowest BCUT2D eigenvalue weighted by atomic mass is 9.86. The third-order valence-corrected chi connectivity index (χ3v) is 5.98. The van der Waals surface area contributed by atoms with E-state index in [4.69, 9.17) is 20.9 Å². The van der Waals surface area contributed by atoms with Crippen LogP contribution in [0.1, 0.15) is 65.2 Å². The van der Waals surface area contributed by atoms with E-state index in [1.807, 2.05) is 19.1 Å². The molecule has 2 aromatic carbocycles. The molecule has 0 saturated heterocycles. The smallest absolute Gasteiger partial charge is 0.227 e. The molecule has 0 saturated carbocycles. The van der Waals surface area contributed by atoms with E-state index in [1.54, 1.807) is 38.5 Å². The Morgan fingerprint density at radius 1 is 0.971 bits per heavy atom. The fraction of sp³-hybridized carbons (Fsp3) is 0.312. The molecule has 0 fully saturated rings. The van der Waals surface area contributed by atoms with Gasteiger partial charge in [-0.05, 0) is 79.2 Å². The molecule has 0 aliphatic carbocycles. The average Bonchev–Trinajstić information content (AvgIpc) is 3.28. The number of fused-ring (bicyclic) bond motifs is 3. The molecule has 0 bridgehead atoms. The quantitative estimate of drug-likeness (QED) is 0.248. The lowest BCUT2D eigenvalue weighted by Gasteiger charge is -2.19. The van der Waals surface area contributed by atoms with Crippen molar-refractivity contribution in [2.45, 2.75) is 54.6 Å². The zero-order chi connectivity index (χ0) is 35.2. The van der Waals surface area contributed by atoms with Crippen molar-refractivity contribution in [3.05, 3.63) is 82.7 Å². The zero-order valence-corrected chi connectivity index (χ0v) is 20.4. The van der Waals surface area contributed by atoms with Gasteiger partial charge in [0.1, 0.15) is 7.05 Å².